The summed E-state index contributed by atoms with van der Waals surface area (Å²) < 4.78 is 5.83. The summed E-state index contributed by atoms with van der Waals surface area (Å²) >= 11 is 0. The summed E-state index contributed by atoms with van der Waals surface area (Å²) in [6.07, 6.45) is 48.6. The molecular formula is C40H68O4. The Morgan fingerprint density at radius 1 is 0.523 bits per heavy atom. The number of aliphatic carboxylic acids is 1. The Kier molecular flexibility index (Phi) is 33.2. The molecule has 0 aliphatic heterocycles. The number of carbonyl (C=O) groups is 2. The summed E-state index contributed by atoms with van der Waals surface area (Å²) in [5, 5.41) is 8.67. The first kappa shape index (κ1) is 41.6. The zero-order chi connectivity index (χ0) is 32.2. The molecule has 0 bridgehead atoms. The Hall–Kier alpha value is -2.36. The summed E-state index contributed by atoms with van der Waals surface area (Å²) in [6, 6.07) is 0. The van der Waals surface area contributed by atoms with Crippen LogP contribution < -0.4 is 0 Å². The minimum absolute atomic E-state index is 0.00914. The second-order valence-electron chi connectivity index (χ2n) is 12.0. The molecular weight excluding hydrogens is 544 g/mol. The van der Waals surface area contributed by atoms with Crippen LogP contribution in [0.3, 0.4) is 0 Å². The van der Waals surface area contributed by atoms with Crippen molar-refractivity contribution in [3.05, 3.63) is 60.8 Å². The average molecular weight is 613 g/mol. The third-order valence-electron chi connectivity index (χ3n) is 7.73. The number of carbonyl (C=O) groups excluding carboxylic acids is 1. The number of allylic oxidation sites excluding steroid dienone is 10. The van der Waals surface area contributed by atoms with Gasteiger partial charge >= 0.3 is 11.9 Å². The molecule has 0 aliphatic rings. The van der Waals surface area contributed by atoms with E-state index in [0.29, 0.717) is 12.8 Å². The van der Waals surface area contributed by atoms with Gasteiger partial charge in [0.1, 0.15) is 6.10 Å². The van der Waals surface area contributed by atoms with Crippen molar-refractivity contribution in [3.63, 3.8) is 0 Å². The largest absolute Gasteiger partial charge is 0.481 e. The number of esters is 1. The molecule has 0 heterocycles. The summed E-state index contributed by atoms with van der Waals surface area (Å²) in [6.45, 7) is 4.32. The minimum Gasteiger partial charge on any atom is -0.481 e. The fraction of sp³-hybridized carbons (Fsp3) is 0.700. The number of carboxylic acids is 1. The van der Waals surface area contributed by atoms with Gasteiger partial charge in [0.2, 0.25) is 0 Å². The molecule has 0 radical (unpaired) electrons. The molecule has 252 valence electrons. The van der Waals surface area contributed by atoms with Crippen molar-refractivity contribution >= 4 is 11.9 Å². The average Bonchev–Trinajstić information content (AvgIpc) is 3.00. The van der Waals surface area contributed by atoms with Gasteiger partial charge in [-0.2, -0.15) is 0 Å². The molecule has 44 heavy (non-hydrogen) atoms. The Balaban J connectivity index is 3.65. The lowest BCUT2D eigenvalue weighted by molar-refractivity contribution is -0.150. The van der Waals surface area contributed by atoms with Gasteiger partial charge in [-0.3, -0.25) is 9.59 Å². The van der Waals surface area contributed by atoms with Gasteiger partial charge < -0.3 is 9.84 Å². The van der Waals surface area contributed by atoms with Crippen LogP contribution in [0.4, 0.5) is 0 Å². The number of carboxylic acid groups (broad SMARTS) is 1. The van der Waals surface area contributed by atoms with Crippen LogP contribution in [-0.2, 0) is 14.3 Å². The lowest BCUT2D eigenvalue weighted by Gasteiger charge is -2.17. The highest BCUT2D eigenvalue weighted by Gasteiger charge is 2.13. The molecule has 0 aromatic heterocycles. The third-order valence-corrected chi connectivity index (χ3v) is 7.73. The van der Waals surface area contributed by atoms with Crippen LogP contribution in [0.15, 0.2) is 60.8 Å². The van der Waals surface area contributed by atoms with Gasteiger partial charge in [-0.15, -0.1) is 0 Å². The van der Waals surface area contributed by atoms with Crippen molar-refractivity contribution in [2.24, 2.45) is 0 Å². The van der Waals surface area contributed by atoms with Crippen LogP contribution in [-0.4, -0.2) is 23.1 Å². The van der Waals surface area contributed by atoms with Crippen molar-refractivity contribution in [2.75, 3.05) is 0 Å². The van der Waals surface area contributed by atoms with Gasteiger partial charge in [0, 0.05) is 12.8 Å². The smallest absolute Gasteiger partial charge is 0.306 e. The Morgan fingerprint density at radius 3 is 1.45 bits per heavy atom. The SMILES string of the molecule is CC/C=C\C/C=C\C/C=C\C/C=C\C/C=C\CCCCCCCC(=O)OC(CCC)CCCCCCCCCCCC(=O)O. The van der Waals surface area contributed by atoms with Crippen molar-refractivity contribution in [1.82, 2.24) is 0 Å². The molecule has 0 rings (SSSR count). The molecule has 0 aliphatic carbocycles. The highest BCUT2D eigenvalue weighted by atomic mass is 16.5. The zero-order valence-corrected chi connectivity index (χ0v) is 28.7. The van der Waals surface area contributed by atoms with Gasteiger partial charge in [0.25, 0.3) is 0 Å². The molecule has 0 fully saturated rings. The van der Waals surface area contributed by atoms with Crippen LogP contribution in [0, 0.1) is 0 Å². The molecule has 0 saturated carbocycles. The van der Waals surface area contributed by atoms with E-state index in [1.807, 2.05) is 0 Å². The van der Waals surface area contributed by atoms with E-state index in [1.165, 1.54) is 51.4 Å². The summed E-state index contributed by atoms with van der Waals surface area (Å²) in [5.74, 6) is -0.693. The van der Waals surface area contributed by atoms with Crippen LogP contribution in [0.1, 0.15) is 174 Å². The van der Waals surface area contributed by atoms with Crippen LogP contribution in [0.5, 0.6) is 0 Å². The number of hydrogen-bond donors (Lipinski definition) is 1. The topological polar surface area (TPSA) is 63.6 Å². The highest BCUT2D eigenvalue weighted by molar-refractivity contribution is 5.69. The maximum atomic E-state index is 12.4. The molecule has 0 aromatic rings. The van der Waals surface area contributed by atoms with E-state index in [1.54, 1.807) is 0 Å². The number of hydrogen-bond acceptors (Lipinski definition) is 3. The molecule has 4 nitrogen and oxygen atoms in total. The van der Waals surface area contributed by atoms with Gasteiger partial charge in [-0.1, -0.05) is 145 Å². The van der Waals surface area contributed by atoms with E-state index >= 15 is 0 Å². The van der Waals surface area contributed by atoms with Gasteiger partial charge in [-0.05, 0) is 77.0 Å². The van der Waals surface area contributed by atoms with E-state index < -0.39 is 5.97 Å². The summed E-state index contributed by atoms with van der Waals surface area (Å²) in [7, 11) is 0. The van der Waals surface area contributed by atoms with E-state index in [-0.39, 0.29) is 12.1 Å². The van der Waals surface area contributed by atoms with Crippen molar-refractivity contribution in [2.45, 2.75) is 180 Å². The monoisotopic (exact) mass is 613 g/mol. The van der Waals surface area contributed by atoms with Crippen molar-refractivity contribution in [1.29, 1.82) is 0 Å². The van der Waals surface area contributed by atoms with Crippen molar-refractivity contribution < 1.29 is 19.4 Å². The van der Waals surface area contributed by atoms with Crippen LogP contribution in [0.25, 0.3) is 0 Å². The molecule has 0 spiro atoms. The maximum absolute atomic E-state index is 12.4. The van der Waals surface area contributed by atoms with E-state index in [9.17, 15) is 9.59 Å². The number of rotatable bonds is 32. The van der Waals surface area contributed by atoms with E-state index in [2.05, 4.69) is 74.6 Å². The lowest BCUT2D eigenvalue weighted by atomic mass is 10.0. The predicted octanol–water partition coefficient (Wildman–Crippen LogP) is 12.6. The molecule has 1 atom stereocenters. The minimum atomic E-state index is -0.684. The van der Waals surface area contributed by atoms with Gasteiger partial charge in [0.05, 0.1) is 0 Å². The number of unbranched alkanes of at least 4 members (excludes halogenated alkanes) is 13. The molecule has 1 N–H and O–H groups in total. The fourth-order valence-electron chi connectivity index (χ4n) is 5.15. The molecule has 0 aromatic carbocycles. The van der Waals surface area contributed by atoms with Gasteiger partial charge in [0.15, 0.2) is 0 Å². The molecule has 4 heteroatoms. The van der Waals surface area contributed by atoms with Gasteiger partial charge in [-0.25, -0.2) is 0 Å². The Bertz CT molecular complexity index is 789. The van der Waals surface area contributed by atoms with E-state index in [0.717, 1.165) is 96.3 Å². The maximum Gasteiger partial charge on any atom is 0.306 e. The Morgan fingerprint density at radius 2 is 0.955 bits per heavy atom. The zero-order valence-electron chi connectivity index (χ0n) is 28.7. The predicted molar refractivity (Wildman–Crippen MR) is 190 cm³/mol. The quantitative estimate of drug-likeness (QED) is 0.0466. The second kappa shape index (κ2) is 35.1. The molecule has 1 unspecified atom stereocenters. The standard InChI is InChI=1S/C40H68O4/c1-3-5-6-7-8-9-10-11-12-13-14-15-16-17-18-19-20-24-27-30-33-37-40(43)44-38(34-4-2)35-31-28-25-22-21-23-26-29-32-36-39(41)42/h5-6,8-9,11-12,14-15,17-18,38H,3-4,7,10,13,16,19-37H2,1-2H3,(H,41,42)/b6-5-,9-8-,12-11-,15-14-,18-17-. The Labute approximate surface area is 272 Å². The second-order valence-corrected chi connectivity index (χ2v) is 12.0. The first-order chi connectivity index (χ1) is 21.6. The fourth-order valence-corrected chi connectivity index (χ4v) is 5.15. The van der Waals surface area contributed by atoms with E-state index in [4.69, 9.17) is 9.84 Å². The lowest BCUT2D eigenvalue weighted by Crippen LogP contribution is -2.18. The third kappa shape index (κ3) is 34.1. The van der Waals surface area contributed by atoms with Crippen molar-refractivity contribution in [3.8, 4) is 0 Å². The summed E-state index contributed by atoms with van der Waals surface area (Å²) in [5.41, 5.74) is 0. The highest BCUT2D eigenvalue weighted by Crippen LogP contribution is 2.17. The molecule has 0 saturated heterocycles. The molecule has 0 amide bonds. The summed E-state index contributed by atoms with van der Waals surface area (Å²) in [4.78, 5) is 22.9. The van der Waals surface area contributed by atoms with Crippen LogP contribution >= 0.6 is 0 Å². The first-order valence-corrected chi connectivity index (χ1v) is 18.3. The van der Waals surface area contributed by atoms with Crippen LogP contribution in [0.2, 0.25) is 0 Å². The normalized spacial score (nSPS) is 13.0. The first-order valence-electron chi connectivity index (χ1n) is 18.3. The number of ether oxygens (including phenoxy) is 1.